The van der Waals surface area contributed by atoms with Crippen molar-refractivity contribution in [3.63, 3.8) is 0 Å². The van der Waals surface area contributed by atoms with Gasteiger partial charge in [-0.2, -0.15) is 0 Å². The first-order valence-electron chi connectivity index (χ1n) is 10.6. The number of nitrogens with one attached hydrogen (secondary N) is 1. The summed E-state index contributed by atoms with van der Waals surface area (Å²) in [5.74, 6) is 0. The van der Waals surface area contributed by atoms with Crippen molar-refractivity contribution in [2.75, 3.05) is 19.3 Å². The molecule has 1 saturated heterocycles. The van der Waals surface area contributed by atoms with Crippen LogP contribution in [0.25, 0.3) is 11.1 Å². The van der Waals surface area contributed by atoms with E-state index in [4.69, 9.17) is 0 Å². The Bertz CT molecular complexity index is 1030. The molecule has 0 spiro atoms. The van der Waals surface area contributed by atoms with Crippen molar-refractivity contribution in [1.29, 1.82) is 0 Å². The zero-order chi connectivity index (χ0) is 21.7. The number of hydrogen-bond donors (Lipinski definition) is 1. The predicted octanol–water partition coefficient (Wildman–Crippen LogP) is 5.23. The maximum absolute atomic E-state index is 12.6. The van der Waals surface area contributed by atoms with Crippen molar-refractivity contribution in [2.24, 2.45) is 0 Å². The minimum Gasteiger partial charge on any atom is -0.593 e. The molecular formula is C25H28N2O2S2. The molecule has 162 valence electrons. The monoisotopic (exact) mass is 452 g/mol. The second-order valence-electron chi connectivity index (χ2n) is 7.91. The lowest BCUT2D eigenvalue weighted by Gasteiger charge is -2.32. The summed E-state index contributed by atoms with van der Waals surface area (Å²) in [6.45, 7) is 2.65. The highest BCUT2D eigenvalue weighted by molar-refractivity contribution is 7.98. The molecule has 1 unspecified atom stereocenters. The molecule has 3 aromatic carbocycles. The second-order valence-corrected chi connectivity index (χ2v) is 10.5. The lowest BCUT2D eigenvalue weighted by atomic mass is 10.0. The average molecular weight is 453 g/mol. The molecule has 0 amide bonds. The predicted molar refractivity (Wildman–Crippen MR) is 129 cm³/mol. The molecule has 1 heterocycles. The van der Waals surface area contributed by atoms with E-state index in [-0.39, 0.29) is 6.04 Å². The smallest absolute Gasteiger partial charge is 0.175 e. The number of sulfonamides is 1. The van der Waals surface area contributed by atoms with Crippen LogP contribution in [0.2, 0.25) is 0 Å². The lowest BCUT2D eigenvalue weighted by molar-refractivity contribution is 0.198. The summed E-state index contributed by atoms with van der Waals surface area (Å²) in [6.07, 6.45) is 3.73. The van der Waals surface area contributed by atoms with E-state index in [0.29, 0.717) is 4.90 Å². The van der Waals surface area contributed by atoms with Crippen molar-refractivity contribution in [3.05, 3.63) is 84.4 Å². The van der Waals surface area contributed by atoms with Crippen LogP contribution in [-0.2, 0) is 21.2 Å². The van der Waals surface area contributed by atoms with E-state index in [9.17, 15) is 8.76 Å². The Labute approximate surface area is 190 Å². The molecule has 31 heavy (non-hydrogen) atoms. The molecule has 1 N–H and O–H groups in total. The molecule has 1 aliphatic rings. The molecule has 4 rings (SSSR count). The summed E-state index contributed by atoms with van der Waals surface area (Å²) < 4.78 is 28.0. The molecule has 1 aliphatic heterocycles. The van der Waals surface area contributed by atoms with Crippen molar-refractivity contribution in [1.82, 2.24) is 9.62 Å². The molecule has 0 radical (unpaired) electrons. The van der Waals surface area contributed by atoms with Gasteiger partial charge in [-0.05, 0) is 66.1 Å². The third-order valence-corrected chi connectivity index (χ3v) is 8.00. The summed E-state index contributed by atoms with van der Waals surface area (Å²) >= 11 is 1.75. The SMILES string of the molecule is CSc1ccc(-c2cccc(CN3CCC(N[S+](=O)([O-])c4ccccc4)CC3)c2)cc1. The first-order chi connectivity index (χ1) is 15.0. The van der Waals surface area contributed by atoms with Crippen LogP contribution >= 0.6 is 11.8 Å². The minimum atomic E-state index is -3.45. The van der Waals surface area contributed by atoms with Crippen LogP contribution < -0.4 is 4.72 Å². The lowest BCUT2D eigenvalue weighted by Crippen LogP contribution is -2.46. The van der Waals surface area contributed by atoms with E-state index >= 15 is 0 Å². The fourth-order valence-corrected chi connectivity index (χ4v) is 5.72. The largest absolute Gasteiger partial charge is 0.593 e. The first kappa shape index (κ1) is 22.2. The summed E-state index contributed by atoms with van der Waals surface area (Å²) in [6, 6.07) is 26.0. The highest BCUT2D eigenvalue weighted by atomic mass is 32.3. The first-order valence-corrected chi connectivity index (χ1v) is 13.3. The Morgan fingerprint density at radius 3 is 2.35 bits per heavy atom. The quantitative estimate of drug-likeness (QED) is 0.394. The van der Waals surface area contributed by atoms with Gasteiger partial charge in [-0.15, -0.1) is 16.5 Å². The Kier molecular flexibility index (Phi) is 7.25. The Morgan fingerprint density at radius 2 is 1.68 bits per heavy atom. The number of nitrogens with zero attached hydrogens (tertiary/aromatic N) is 1. The number of benzene rings is 3. The summed E-state index contributed by atoms with van der Waals surface area (Å²) in [5, 5.41) is 0. The summed E-state index contributed by atoms with van der Waals surface area (Å²) in [4.78, 5) is 4.01. The van der Waals surface area contributed by atoms with Gasteiger partial charge in [0.2, 0.25) is 0 Å². The number of likely N-dealkylation sites (tertiary alicyclic amines) is 1. The standard InChI is InChI=1S/C25H28N2O2S2/c1-30-24-12-10-21(11-13-24)22-7-5-6-20(18-22)19-27-16-14-23(15-17-27)26-31(28,29)25-8-3-2-4-9-25/h2-13,18,23H,14-17,19H2,1H3,(H-,26,28,29). The van der Waals surface area contributed by atoms with Gasteiger partial charge in [0.15, 0.2) is 15.3 Å². The second kappa shape index (κ2) is 10.1. The van der Waals surface area contributed by atoms with Gasteiger partial charge in [-0.3, -0.25) is 4.90 Å². The molecule has 0 aromatic heterocycles. The van der Waals surface area contributed by atoms with Crippen LogP contribution in [0, 0.1) is 0 Å². The van der Waals surface area contributed by atoms with E-state index in [0.717, 1.165) is 32.5 Å². The van der Waals surface area contributed by atoms with Crippen LogP contribution in [0.5, 0.6) is 0 Å². The Balaban J connectivity index is 1.33. The zero-order valence-electron chi connectivity index (χ0n) is 17.7. The van der Waals surface area contributed by atoms with E-state index in [2.05, 4.69) is 64.4 Å². The zero-order valence-corrected chi connectivity index (χ0v) is 19.3. The van der Waals surface area contributed by atoms with Gasteiger partial charge < -0.3 is 4.55 Å². The Hall–Kier alpha value is -1.96. The average Bonchev–Trinajstić information content (AvgIpc) is 2.81. The number of hydrogen-bond acceptors (Lipinski definition) is 4. The molecule has 0 bridgehead atoms. The number of rotatable bonds is 7. The van der Waals surface area contributed by atoms with Gasteiger partial charge in [0.1, 0.15) is 0 Å². The minimum absolute atomic E-state index is 0.0114. The van der Waals surface area contributed by atoms with Crippen LogP contribution in [0.1, 0.15) is 18.4 Å². The van der Waals surface area contributed by atoms with E-state index < -0.39 is 10.4 Å². The number of thioether (sulfide) groups is 1. The van der Waals surface area contributed by atoms with Crippen molar-refractivity contribution in [3.8, 4) is 11.1 Å². The molecule has 0 aliphatic carbocycles. The topological polar surface area (TPSA) is 55.4 Å². The highest BCUT2D eigenvalue weighted by Crippen LogP contribution is 2.25. The third-order valence-electron chi connectivity index (χ3n) is 5.72. The van der Waals surface area contributed by atoms with Gasteiger partial charge >= 0.3 is 0 Å². The molecule has 1 fully saturated rings. The maximum atomic E-state index is 12.6. The molecule has 3 aromatic rings. The molecular weight excluding hydrogens is 424 g/mol. The molecule has 0 saturated carbocycles. The van der Waals surface area contributed by atoms with Gasteiger partial charge in [0.05, 0.1) is 6.04 Å². The van der Waals surface area contributed by atoms with Crippen molar-refractivity contribution < 1.29 is 8.76 Å². The van der Waals surface area contributed by atoms with Crippen LogP contribution in [-0.4, -0.2) is 34.8 Å². The number of piperidine rings is 1. The third kappa shape index (κ3) is 5.84. The van der Waals surface area contributed by atoms with E-state index in [1.165, 1.54) is 21.6 Å². The van der Waals surface area contributed by atoms with E-state index in [1.54, 1.807) is 36.0 Å². The molecule has 6 heteroatoms. The van der Waals surface area contributed by atoms with Gasteiger partial charge in [-0.25, -0.2) is 0 Å². The van der Waals surface area contributed by atoms with Crippen LogP contribution in [0.15, 0.2) is 88.7 Å². The fraction of sp³-hybridized carbons (Fsp3) is 0.280. The Morgan fingerprint density at radius 1 is 0.968 bits per heavy atom. The van der Waals surface area contributed by atoms with E-state index in [1.807, 2.05) is 6.07 Å². The molecule has 4 nitrogen and oxygen atoms in total. The van der Waals surface area contributed by atoms with Gasteiger partial charge in [0.25, 0.3) is 0 Å². The van der Waals surface area contributed by atoms with Crippen molar-refractivity contribution >= 4 is 22.2 Å². The van der Waals surface area contributed by atoms with Crippen LogP contribution in [0.4, 0.5) is 0 Å². The maximum Gasteiger partial charge on any atom is 0.175 e. The highest BCUT2D eigenvalue weighted by Gasteiger charge is 2.28. The van der Waals surface area contributed by atoms with Gasteiger partial charge in [-0.1, -0.05) is 52.7 Å². The van der Waals surface area contributed by atoms with Crippen LogP contribution in [0.3, 0.4) is 0 Å². The summed E-state index contributed by atoms with van der Waals surface area (Å²) in [5.41, 5.74) is 3.75. The fourth-order valence-electron chi connectivity index (χ4n) is 3.99. The van der Waals surface area contributed by atoms with Crippen molar-refractivity contribution in [2.45, 2.75) is 35.2 Å². The summed E-state index contributed by atoms with van der Waals surface area (Å²) in [7, 11) is -3.45. The van der Waals surface area contributed by atoms with Gasteiger partial charge in [0, 0.05) is 24.5 Å². The normalized spacial score (nSPS) is 17.4. The molecule has 1 atom stereocenters.